The number of aromatic nitrogens is 4. The number of benzene rings is 1. The van der Waals surface area contributed by atoms with Gasteiger partial charge in [0.2, 0.25) is 0 Å². The Morgan fingerprint density at radius 1 is 1.32 bits per heavy atom. The molecule has 0 spiro atoms. The normalized spacial score (nSPS) is 14.6. The van der Waals surface area contributed by atoms with Crippen LogP contribution in [0.25, 0.3) is 22.1 Å². The molecule has 0 bridgehead atoms. The van der Waals surface area contributed by atoms with Crippen LogP contribution >= 0.6 is 11.6 Å². The van der Waals surface area contributed by atoms with E-state index < -0.39 is 0 Å². The van der Waals surface area contributed by atoms with Gasteiger partial charge in [-0.15, -0.1) is 0 Å². The van der Waals surface area contributed by atoms with E-state index in [1.54, 1.807) is 12.3 Å². The first kappa shape index (κ1) is 16.8. The monoisotopic (exact) mass is 389 g/mol. The lowest BCUT2D eigenvalue weighted by molar-refractivity contribution is 0.0923. The number of para-hydroxylation sites is 1. The zero-order chi connectivity index (χ0) is 19.1. The van der Waals surface area contributed by atoms with Crippen LogP contribution in [0.3, 0.4) is 0 Å². The molecule has 0 saturated heterocycles. The van der Waals surface area contributed by atoms with E-state index in [0.717, 1.165) is 35.0 Å². The SMILES string of the molecule is O=C(NC1(CC#Cc2cnc3[nH]ccc3c2)CC1)c1nc2c(Cl)cccc2[nH]1. The van der Waals surface area contributed by atoms with Crippen molar-refractivity contribution >= 4 is 39.6 Å². The first-order chi connectivity index (χ1) is 13.6. The number of H-pyrrole nitrogens is 2. The van der Waals surface area contributed by atoms with Crippen molar-refractivity contribution in [3.8, 4) is 11.8 Å². The number of hydrogen-bond acceptors (Lipinski definition) is 3. The number of nitrogens with zero attached hydrogens (tertiary/aromatic N) is 2. The molecule has 1 fully saturated rings. The first-order valence-corrected chi connectivity index (χ1v) is 9.39. The van der Waals surface area contributed by atoms with Crippen LogP contribution < -0.4 is 5.32 Å². The van der Waals surface area contributed by atoms with Crippen LogP contribution in [-0.4, -0.2) is 31.4 Å². The lowest BCUT2D eigenvalue weighted by atomic mass is 10.1. The Kier molecular flexibility index (Phi) is 3.85. The Labute approximate surface area is 165 Å². The van der Waals surface area contributed by atoms with E-state index in [-0.39, 0.29) is 17.3 Å². The second-order valence-corrected chi connectivity index (χ2v) is 7.48. The van der Waals surface area contributed by atoms with Gasteiger partial charge in [0.05, 0.1) is 16.1 Å². The molecule has 138 valence electrons. The van der Waals surface area contributed by atoms with Crippen molar-refractivity contribution in [2.75, 3.05) is 0 Å². The quantitative estimate of drug-likeness (QED) is 0.466. The maximum Gasteiger partial charge on any atom is 0.287 e. The minimum atomic E-state index is -0.279. The van der Waals surface area contributed by atoms with Crippen molar-refractivity contribution in [1.82, 2.24) is 25.3 Å². The molecule has 0 atom stereocenters. The van der Waals surface area contributed by atoms with Gasteiger partial charge in [0.25, 0.3) is 5.91 Å². The summed E-state index contributed by atoms with van der Waals surface area (Å²) in [4.78, 5) is 27.4. The number of imidazole rings is 1. The maximum atomic E-state index is 12.6. The van der Waals surface area contributed by atoms with E-state index in [0.29, 0.717) is 17.0 Å². The summed E-state index contributed by atoms with van der Waals surface area (Å²) >= 11 is 6.14. The minimum absolute atomic E-state index is 0.234. The highest BCUT2D eigenvalue weighted by atomic mass is 35.5. The average Bonchev–Trinajstić information content (AvgIpc) is 3.09. The van der Waals surface area contributed by atoms with Gasteiger partial charge in [-0.05, 0) is 37.1 Å². The zero-order valence-corrected chi connectivity index (χ0v) is 15.6. The highest BCUT2D eigenvalue weighted by Crippen LogP contribution is 2.38. The summed E-state index contributed by atoms with van der Waals surface area (Å²) in [6.45, 7) is 0. The summed E-state index contributed by atoms with van der Waals surface area (Å²) in [7, 11) is 0. The maximum absolute atomic E-state index is 12.6. The Bertz CT molecular complexity index is 1270. The Morgan fingerprint density at radius 2 is 2.21 bits per heavy atom. The van der Waals surface area contributed by atoms with E-state index in [1.807, 2.05) is 30.5 Å². The number of hydrogen-bond donors (Lipinski definition) is 3. The van der Waals surface area contributed by atoms with Crippen molar-refractivity contribution in [2.45, 2.75) is 24.8 Å². The zero-order valence-electron chi connectivity index (χ0n) is 14.8. The fourth-order valence-corrected chi connectivity index (χ4v) is 3.44. The Balaban J connectivity index is 1.29. The summed E-state index contributed by atoms with van der Waals surface area (Å²) in [5.41, 5.74) is 2.78. The lowest BCUT2D eigenvalue weighted by Crippen LogP contribution is -2.37. The number of fused-ring (bicyclic) bond motifs is 2. The molecule has 1 saturated carbocycles. The van der Waals surface area contributed by atoms with Crippen molar-refractivity contribution in [3.05, 3.63) is 59.1 Å². The number of carbonyl (C=O) groups is 1. The van der Waals surface area contributed by atoms with E-state index in [4.69, 9.17) is 11.6 Å². The molecule has 3 N–H and O–H groups in total. The van der Waals surface area contributed by atoms with Gasteiger partial charge in [-0.25, -0.2) is 9.97 Å². The Hall–Kier alpha value is -3.30. The number of halogens is 1. The molecule has 3 heterocycles. The number of pyridine rings is 1. The highest BCUT2D eigenvalue weighted by Gasteiger charge is 2.43. The van der Waals surface area contributed by atoms with Crippen LogP contribution in [0.4, 0.5) is 0 Å². The van der Waals surface area contributed by atoms with Crippen molar-refractivity contribution in [1.29, 1.82) is 0 Å². The van der Waals surface area contributed by atoms with Crippen LogP contribution in [0.5, 0.6) is 0 Å². The average molecular weight is 390 g/mol. The second-order valence-electron chi connectivity index (χ2n) is 7.07. The summed E-state index contributed by atoms with van der Waals surface area (Å²) < 4.78 is 0. The van der Waals surface area contributed by atoms with E-state index in [9.17, 15) is 4.79 Å². The van der Waals surface area contributed by atoms with E-state index >= 15 is 0 Å². The summed E-state index contributed by atoms with van der Waals surface area (Å²) in [5.74, 6) is 6.37. The number of aromatic amines is 2. The van der Waals surface area contributed by atoms with Crippen molar-refractivity contribution in [2.24, 2.45) is 0 Å². The van der Waals surface area contributed by atoms with Gasteiger partial charge in [0, 0.05) is 29.8 Å². The third kappa shape index (κ3) is 3.10. The summed E-state index contributed by atoms with van der Waals surface area (Å²) in [6.07, 6.45) is 6.01. The largest absolute Gasteiger partial charge is 0.346 e. The molecule has 5 rings (SSSR count). The molecule has 7 heteroatoms. The number of amides is 1. The molecule has 1 amide bonds. The predicted molar refractivity (Wildman–Crippen MR) is 108 cm³/mol. The molecule has 1 aromatic carbocycles. The smallest absolute Gasteiger partial charge is 0.287 e. The van der Waals surface area contributed by atoms with Crippen molar-refractivity contribution in [3.63, 3.8) is 0 Å². The van der Waals surface area contributed by atoms with Crippen LogP contribution in [0, 0.1) is 11.8 Å². The van der Waals surface area contributed by atoms with Crippen LogP contribution in [-0.2, 0) is 0 Å². The number of nitrogens with one attached hydrogen (secondary N) is 3. The van der Waals surface area contributed by atoms with Gasteiger partial charge in [-0.3, -0.25) is 4.79 Å². The minimum Gasteiger partial charge on any atom is -0.346 e. The number of carbonyl (C=O) groups excluding carboxylic acids is 1. The summed E-state index contributed by atoms with van der Waals surface area (Å²) in [5, 5.41) is 4.63. The third-order valence-corrected chi connectivity index (χ3v) is 5.28. The fourth-order valence-electron chi connectivity index (χ4n) is 3.23. The van der Waals surface area contributed by atoms with Gasteiger partial charge in [-0.1, -0.05) is 29.5 Å². The predicted octanol–water partition coefficient (Wildman–Crippen LogP) is 3.80. The molecule has 4 aromatic rings. The fraction of sp³-hybridized carbons (Fsp3) is 0.190. The molecule has 0 aliphatic heterocycles. The molecule has 1 aliphatic carbocycles. The standard InChI is InChI=1S/C21H16ClN5O/c22-15-4-1-5-16-17(15)26-19(25-16)20(28)27-21(8-9-21)7-2-3-13-11-14-6-10-23-18(14)24-12-13/h1,4-6,10-12H,7-9H2,(H,23,24)(H,25,26)(H,27,28). The highest BCUT2D eigenvalue weighted by molar-refractivity contribution is 6.35. The molecule has 1 aliphatic rings. The third-order valence-electron chi connectivity index (χ3n) is 4.97. The van der Waals surface area contributed by atoms with Crippen LogP contribution in [0.2, 0.25) is 5.02 Å². The topological polar surface area (TPSA) is 86.5 Å². The van der Waals surface area contributed by atoms with E-state index in [1.165, 1.54) is 0 Å². The van der Waals surface area contributed by atoms with Gasteiger partial charge < -0.3 is 15.3 Å². The second kappa shape index (κ2) is 6.39. The van der Waals surface area contributed by atoms with Crippen LogP contribution in [0.15, 0.2) is 42.7 Å². The van der Waals surface area contributed by atoms with Crippen LogP contribution in [0.1, 0.15) is 35.4 Å². The molecule has 3 aromatic heterocycles. The Morgan fingerprint density at radius 3 is 3.04 bits per heavy atom. The van der Waals surface area contributed by atoms with Gasteiger partial charge in [-0.2, -0.15) is 0 Å². The molecular weight excluding hydrogens is 374 g/mol. The first-order valence-electron chi connectivity index (χ1n) is 9.01. The molecule has 0 unspecified atom stereocenters. The molecule has 0 radical (unpaired) electrons. The molecular formula is C21H16ClN5O. The van der Waals surface area contributed by atoms with Gasteiger partial charge in [0.1, 0.15) is 11.2 Å². The molecule has 28 heavy (non-hydrogen) atoms. The lowest BCUT2D eigenvalue weighted by Gasteiger charge is -2.13. The summed E-state index contributed by atoms with van der Waals surface area (Å²) in [6, 6.07) is 9.39. The molecule has 6 nitrogen and oxygen atoms in total. The van der Waals surface area contributed by atoms with E-state index in [2.05, 4.69) is 37.1 Å². The van der Waals surface area contributed by atoms with Gasteiger partial charge >= 0.3 is 0 Å². The van der Waals surface area contributed by atoms with Crippen molar-refractivity contribution < 1.29 is 4.79 Å². The van der Waals surface area contributed by atoms with Gasteiger partial charge in [0.15, 0.2) is 5.82 Å². The number of rotatable bonds is 3.